The van der Waals surface area contributed by atoms with Crippen molar-refractivity contribution in [1.82, 2.24) is 19.7 Å². The Kier molecular flexibility index (Phi) is 3.44. The van der Waals surface area contributed by atoms with Crippen molar-refractivity contribution in [2.24, 2.45) is 12.8 Å². The van der Waals surface area contributed by atoms with Crippen molar-refractivity contribution < 1.29 is 0 Å². The number of hydrogen-bond acceptors (Lipinski definition) is 3. The lowest BCUT2D eigenvalue weighted by atomic mass is 9.93. The van der Waals surface area contributed by atoms with Crippen LogP contribution in [0, 0.1) is 0 Å². The minimum Gasteiger partial charge on any atom is -0.339 e. The third-order valence-electron chi connectivity index (χ3n) is 4.89. The molecule has 0 fully saturated rings. The Hall–Kier alpha value is -2.66. The average Bonchev–Trinajstić information content (AvgIpc) is 3.14. The van der Waals surface area contributed by atoms with E-state index in [9.17, 15) is 0 Å². The summed E-state index contributed by atoms with van der Waals surface area (Å²) in [7, 11) is 1.98. The van der Waals surface area contributed by atoms with E-state index in [2.05, 4.69) is 46.3 Å². The van der Waals surface area contributed by atoms with Crippen molar-refractivity contribution in [2.75, 3.05) is 0 Å². The standard InChI is InChI=1S/C20H23N5/c1-5-15-16-18-13(11-23-25(18)4)10-22-19(16)24-17(15)12-6-8-14(9-7-12)20(2,3)21/h6-11H,5,21H2,1-4H3,(H,22,24). The first-order valence-corrected chi connectivity index (χ1v) is 8.61. The number of aromatic amines is 1. The monoisotopic (exact) mass is 333 g/mol. The molecule has 3 heterocycles. The van der Waals surface area contributed by atoms with Crippen LogP contribution in [0.3, 0.4) is 0 Å². The smallest absolute Gasteiger partial charge is 0.140 e. The SMILES string of the molecule is CCc1c(-c2ccc(C(C)(C)N)cc2)[nH]c2ncc3cnn(C)c3c12. The Morgan fingerprint density at radius 3 is 2.52 bits per heavy atom. The number of pyridine rings is 1. The van der Waals surface area contributed by atoms with Gasteiger partial charge in [-0.05, 0) is 37.0 Å². The molecule has 0 aliphatic carbocycles. The van der Waals surface area contributed by atoms with Crippen molar-refractivity contribution in [3.05, 3.63) is 47.8 Å². The van der Waals surface area contributed by atoms with Gasteiger partial charge in [-0.2, -0.15) is 5.10 Å². The fraction of sp³-hybridized carbons (Fsp3) is 0.300. The van der Waals surface area contributed by atoms with Gasteiger partial charge in [0, 0.05) is 29.6 Å². The summed E-state index contributed by atoms with van der Waals surface area (Å²) >= 11 is 0. The molecule has 0 radical (unpaired) electrons. The van der Waals surface area contributed by atoms with Gasteiger partial charge in [-0.15, -0.1) is 0 Å². The van der Waals surface area contributed by atoms with E-state index in [1.54, 1.807) is 0 Å². The number of nitrogens with two attached hydrogens (primary N) is 1. The maximum Gasteiger partial charge on any atom is 0.140 e. The molecule has 0 unspecified atom stereocenters. The van der Waals surface area contributed by atoms with Gasteiger partial charge in [0.1, 0.15) is 5.65 Å². The van der Waals surface area contributed by atoms with Crippen LogP contribution in [-0.4, -0.2) is 19.7 Å². The molecule has 25 heavy (non-hydrogen) atoms. The number of rotatable bonds is 3. The Bertz CT molecular complexity index is 1060. The quantitative estimate of drug-likeness (QED) is 0.598. The highest BCUT2D eigenvalue weighted by Crippen LogP contribution is 2.34. The molecule has 3 N–H and O–H groups in total. The van der Waals surface area contributed by atoms with Crippen LogP contribution in [0.1, 0.15) is 31.9 Å². The van der Waals surface area contributed by atoms with E-state index >= 15 is 0 Å². The molecule has 0 bridgehead atoms. The summed E-state index contributed by atoms with van der Waals surface area (Å²) in [4.78, 5) is 8.12. The maximum atomic E-state index is 6.20. The van der Waals surface area contributed by atoms with Crippen molar-refractivity contribution in [2.45, 2.75) is 32.7 Å². The Balaban J connectivity index is 1.96. The van der Waals surface area contributed by atoms with Crippen LogP contribution < -0.4 is 5.73 Å². The fourth-order valence-corrected chi connectivity index (χ4v) is 3.53. The first-order valence-electron chi connectivity index (χ1n) is 8.61. The van der Waals surface area contributed by atoms with Gasteiger partial charge >= 0.3 is 0 Å². The van der Waals surface area contributed by atoms with E-state index in [0.717, 1.165) is 39.8 Å². The molecule has 3 aromatic heterocycles. The second-order valence-electron chi connectivity index (χ2n) is 7.19. The average molecular weight is 333 g/mol. The summed E-state index contributed by atoms with van der Waals surface area (Å²) in [6, 6.07) is 8.48. The minimum absolute atomic E-state index is 0.338. The predicted molar refractivity (Wildman–Crippen MR) is 102 cm³/mol. The molecular weight excluding hydrogens is 310 g/mol. The maximum absolute atomic E-state index is 6.20. The van der Waals surface area contributed by atoms with Gasteiger partial charge in [-0.1, -0.05) is 31.2 Å². The summed E-state index contributed by atoms with van der Waals surface area (Å²) in [6.07, 6.45) is 4.67. The number of hydrogen-bond donors (Lipinski definition) is 2. The molecule has 0 saturated carbocycles. The van der Waals surface area contributed by atoms with Crippen LogP contribution in [0.4, 0.5) is 0 Å². The normalized spacial score (nSPS) is 12.4. The molecule has 5 heteroatoms. The lowest BCUT2D eigenvalue weighted by Gasteiger charge is -2.19. The first-order chi connectivity index (χ1) is 11.9. The molecular formula is C20H23N5. The van der Waals surface area contributed by atoms with Crippen LogP contribution in [0.25, 0.3) is 33.2 Å². The van der Waals surface area contributed by atoms with Gasteiger partial charge in [0.2, 0.25) is 0 Å². The van der Waals surface area contributed by atoms with E-state index in [0.29, 0.717) is 0 Å². The summed E-state index contributed by atoms with van der Waals surface area (Å²) < 4.78 is 1.93. The summed E-state index contributed by atoms with van der Waals surface area (Å²) in [5.74, 6) is 0. The van der Waals surface area contributed by atoms with Gasteiger partial charge in [0.15, 0.2) is 0 Å². The topological polar surface area (TPSA) is 72.5 Å². The highest BCUT2D eigenvalue weighted by atomic mass is 15.2. The first kappa shape index (κ1) is 15.8. The van der Waals surface area contributed by atoms with E-state index in [1.165, 1.54) is 10.9 Å². The Morgan fingerprint density at radius 2 is 1.88 bits per heavy atom. The Labute approximate surface area is 146 Å². The second-order valence-corrected chi connectivity index (χ2v) is 7.19. The van der Waals surface area contributed by atoms with Crippen molar-refractivity contribution >= 4 is 21.9 Å². The molecule has 0 aliphatic rings. The fourth-order valence-electron chi connectivity index (χ4n) is 3.53. The molecule has 4 aromatic rings. The molecule has 0 spiro atoms. The summed E-state index contributed by atoms with van der Waals surface area (Å²) in [5.41, 5.74) is 12.6. The zero-order valence-electron chi connectivity index (χ0n) is 15.1. The van der Waals surface area contributed by atoms with E-state index < -0.39 is 0 Å². The van der Waals surface area contributed by atoms with Gasteiger partial charge < -0.3 is 10.7 Å². The lowest BCUT2D eigenvalue weighted by Crippen LogP contribution is -2.28. The lowest BCUT2D eigenvalue weighted by molar-refractivity contribution is 0.554. The van der Waals surface area contributed by atoms with Crippen LogP contribution in [-0.2, 0) is 19.0 Å². The molecule has 128 valence electrons. The van der Waals surface area contributed by atoms with Crippen LogP contribution in [0.2, 0.25) is 0 Å². The molecule has 0 amide bonds. The highest BCUT2D eigenvalue weighted by molar-refractivity contribution is 6.06. The molecule has 1 aromatic carbocycles. The number of nitrogens with zero attached hydrogens (tertiary/aromatic N) is 3. The zero-order valence-corrected chi connectivity index (χ0v) is 15.1. The van der Waals surface area contributed by atoms with Gasteiger partial charge in [0.25, 0.3) is 0 Å². The number of benzene rings is 1. The van der Waals surface area contributed by atoms with Gasteiger partial charge in [-0.3, -0.25) is 4.68 Å². The summed E-state index contributed by atoms with van der Waals surface area (Å²) in [5, 5.41) is 6.62. The third-order valence-corrected chi connectivity index (χ3v) is 4.89. The Morgan fingerprint density at radius 1 is 1.16 bits per heavy atom. The predicted octanol–water partition coefficient (Wildman–Crippen LogP) is 3.87. The highest BCUT2D eigenvalue weighted by Gasteiger charge is 2.18. The number of aryl methyl sites for hydroxylation is 2. The molecule has 0 saturated heterocycles. The van der Waals surface area contributed by atoms with Crippen LogP contribution in [0.5, 0.6) is 0 Å². The van der Waals surface area contributed by atoms with Crippen LogP contribution >= 0.6 is 0 Å². The van der Waals surface area contributed by atoms with Crippen molar-refractivity contribution in [1.29, 1.82) is 0 Å². The van der Waals surface area contributed by atoms with Crippen LogP contribution in [0.15, 0.2) is 36.7 Å². The van der Waals surface area contributed by atoms with E-state index in [-0.39, 0.29) is 5.54 Å². The number of H-pyrrole nitrogens is 1. The largest absolute Gasteiger partial charge is 0.339 e. The van der Waals surface area contributed by atoms with Gasteiger partial charge in [-0.25, -0.2) is 4.98 Å². The van der Waals surface area contributed by atoms with Crippen molar-refractivity contribution in [3.8, 4) is 11.3 Å². The molecule has 4 rings (SSSR count). The van der Waals surface area contributed by atoms with E-state index in [4.69, 9.17) is 5.73 Å². The molecule has 0 atom stereocenters. The van der Waals surface area contributed by atoms with Crippen molar-refractivity contribution in [3.63, 3.8) is 0 Å². The van der Waals surface area contributed by atoms with E-state index in [1.807, 2.05) is 38.0 Å². The van der Waals surface area contributed by atoms with Gasteiger partial charge in [0.05, 0.1) is 17.4 Å². The minimum atomic E-state index is -0.338. The number of aromatic nitrogens is 4. The number of fused-ring (bicyclic) bond motifs is 3. The number of nitrogens with one attached hydrogen (secondary N) is 1. The summed E-state index contributed by atoms with van der Waals surface area (Å²) in [6.45, 7) is 6.22. The zero-order chi connectivity index (χ0) is 17.8. The third kappa shape index (κ3) is 2.43. The molecule has 0 aliphatic heterocycles. The molecule has 5 nitrogen and oxygen atoms in total. The second kappa shape index (κ2) is 5.43.